The maximum Gasteiger partial charge on any atom is 0.265 e. The highest BCUT2D eigenvalue weighted by atomic mass is 32.1. The van der Waals surface area contributed by atoms with Crippen LogP contribution in [-0.4, -0.2) is 17.6 Å². The van der Waals surface area contributed by atoms with Gasteiger partial charge in [0.15, 0.2) is 0 Å². The molecule has 0 saturated heterocycles. The van der Waals surface area contributed by atoms with E-state index in [0.29, 0.717) is 9.75 Å². The Kier molecular flexibility index (Phi) is 4.45. The summed E-state index contributed by atoms with van der Waals surface area (Å²) >= 11 is 1.10. The topological polar surface area (TPSA) is 49.3 Å². The normalized spacial score (nSPS) is 9.75. The fourth-order valence-corrected chi connectivity index (χ4v) is 2.21. The molecule has 0 aliphatic heterocycles. The van der Waals surface area contributed by atoms with Gasteiger partial charge in [0.2, 0.25) is 0 Å². The fourth-order valence-electron chi connectivity index (χ4n) is 1.43. The van der Waals surface area contributed by atoms with Crippen LogP contribution < -0.4 is 5.32 Å². The Hall–Kier alpha value is -2.23. The van der Waals surface area contributed by atoms with Crippen LogP contribution in [0.1, 0.15) is 14.5 Å². The van der Waals surface area contributed by atoms with Crippen molar-refractivity contribution in [2.24, 2.45) is 0 Å². The van der Waals surface area contributed by atoms with Gasteiger partial charge in [0, 0.05) is 6.07 Å². The van der Waals surface area contributed by atoms with Gasteiger partial charge in [-0.25, -0.2) is 8.78 Å². The van der Waals surface area contributed by atoms with Gasteiger partial charge in [-0.15, -0.1) is 11.3 Å². The molecule has 0 atom stereocenters. The van der Waals surface area contributed by atoms with Crippen LogP contribution in [0.25, 0.3) is 0 Å². The summed E-state index contributed by atoms with van der Waals surface area (Å²) in [5.41, 5.74) is -0.216. The van der Waals surface area contributed by atoms with Gasteiger partial charge in [0.25, 0.3) is 5.91 Å². The third-order valence-electron chi connectivity index (χ3n) is 2.30. The van der Waals surface area contributed by atoms with Gasteiger partial charge >= 0.3 is 0 Å². The summed E-state index contributed by atoms with van der Waals surface area (Å²) < 4.78 is 26.4. The first kappa shape index (κ1) is 14.2. The molecule has 0 unspecified atom stereocenters. The molecule has 0 aliphatic rings. The zero-order chi connectivity index (χ0) is 14.5. The first-order valence-electron chi connectivity index (χ1n) is 5.56. The third kappa shape index (κ3) is 3.41. The van der Waals surface area contributed by atoms with Crippen molar-refractivity contribution in [1.29, 1.82) is 0 Å². The van der Waals surface area contributed by atoms with Crippen molar-refractivity contribution in [3.63, 3.8) is 0 Å². The molecule has 20 heavy (non-hydrogen) atoms. The Morgan fingerprint density at radius 1 is 1.30 bits per heavy atom. The van der Waals surface area contributed by atoms with Crippen molar-refractivity contribution in [2.75, 3.05) is 11.9 Å². The Morgan fingerprint density at radius 2 is 2.10 bits per heavy atom. The molecule has 102 valence electrons. The lowest BCUT2D eigenvalue weighted by atomic mass is 10.3. The molecule has 1 aromatic carbocycles. The number of aliphatic hydroxyl groups is 1. The largest absolute Gasteiger partial charge is 0.384 e. The number of amides is 1. The number of hydrogen-bond donors (Lipinski definition) is 2. The molecule has 2 aromatic rings. The predicted molar refractivity (Wildman–Crippen MR) is 72.6 cm³/mol. The van der Waals surface area contributed by atoms with Crippen molar-refractivity contribution < 1.29 is 18.7 Å². The molecule has 0 spiro atoms. The lowest BCUT2D eigenvalue weighted by Crippen LogP contribution is -2.11. The van der Waals surface area contributed by atoms with Gasteiger partial charge in [0.05, 0.1) is 15.4 Å². The van der Waals surface area contributed by atoms with E-state index in [1.54, 1.807) is 6.07 Å². The monoisotopic (exact) mass is 293 g/mol. The van der Waals surface area contributed by atoms with Crippen LogP contribution in [0.15, 0.2) is 30.3 Å². The Labute approximate surface area is 117 Å². The molecule has 6 heteroatoms. The Morgan fingerprint density at radius 3 is 2.85 bits per heavy atom. The van der Waals surface area contributed by atoms with Crippen molar-refractivity contribution in [1.82, 2.24) is 0 Å². The molecular formula is C14H9F2NO2S. The summed E-state index contributed by atoms with van der Waals surface area (Å²) in [6, 6.07) is 5.96. The quantitative estimate of drug-likeness (QED) is 0.836. The van der Waals surface area contributed by atoms with E-state index >= 15 is 0 Å². The van der Waals surface area contributed by atoms with Crippen molar-refractivity contribution in [3.05, 3.63) is 51.7 Å². The molecule has 1 aromatic heterocycles. The van der Waals surface area contributed by atoms with E-state index in [2.05, 4.69) is 17.2 Å². The van der Waals surface area contributed by atoms with Crippen molar-refractivity contribution in [3.8, 4) is 11.8 Å². The lowest BCUT2D eigenvalue weighted by Gasteiger charge is -2.04. The highest BCUT2D eigenvalue weighted by molar-refractivity contribution is 7.14. The second-order valence-electron chi connectivity index (χ2n) is 3.70. The SMILES string of the molecule is O=C(Nc1cc(F)ccc1F)c1ccc(C#CCO)s1. The highest BCUT2D eigenvalue weighted by Crippen LogP contribution is 2.20. The molecular weight excluding hydrogens is 284 g/mol. The zero-order valence-corrected chi connectivity index (χ0v) is 10.9. The minimum Gasteiger partial charge on any atom is -0.384 e. The van der Waals surface area contributed by atoms with Gasteiger partial charge < -0.3 is 10.4 Å². The number of rotatable bonds is 2. The minimum absolute atomic E-state index is 0.216. The molecule has 1 heterocycles. The van der Waals surface area contributed by atoms with Gasteiger partial charge in [-0.05, 0) is 24.3 Å². The van der Waals surface area contributed by atoms with E-state index in [4.69, 9.17) is 5.11 Å². The summed E-state index contributed by atoms with van der Waals surface area (Å²) in [5.74, 6) is 3.22. The van der Waals surface area contributed by atoms with Crippen molar-refractivity contribution in [2.45, 2.75) is 0 Å². The number of carbonyl (C=O) groups excluding carboxylic acids is 1. The maximum atomic E-state index is 13.4. The number of anilines is 1. The van der Waals surface area contributed by atoms with Crippen LogP contribution in [0.4, 0.5) is 14.5 Å². The molecule has 0 saturated carbocycles. The molecule has 0 radical (unpaired) electrons. The van der Waals surface area contributed by atoms with Crippen LogP contribution in [0, 0.1) is 23.5 Å². The van der Waals surface area contributed by atoms with Crippen LogP contribution in [-0.2, 0) is 0 Å². The van der Waals surface area contributed by atoms with Gasteiger partial charge in [0.1, 0.15) is 18.2 Å². The molecule has 1 amide bonds. The Balaban J connectivity index is 2.15. The number of nitrogens with one attached hydrogen (secondary N) is 1. The molecule has 2 rings (SSSR count). The van der Waals surface area contributed by atoms with Gasteiger partial charge in [-0.1, -0.05) is 11.8 Å². The highest BCUT2D eigenvalue weighted by Gasteiger charge is 2.12. The third-order valence-corrected chi connectivity index (χ3v) is 3.30. The first-order valence-corrected chi connectivity index (χ1v) is 6.38. The number of aliphatic hydroxyl groups excluding tert-OH is 1. The summed E-state index contributed by atoms with van der Waals surface area (Å²) in [5, 5.41) is 10.9. The second-order valence-corrected chi connectivity index (χ2v) is 4.79. The molecule has 0 aliphatic carbocycles. The number of thiophene rings is 1. The van der Waals surface area contributed by atoms with E-state index in [1.807, 2.05) is 0 Å². The Bertz CT molecular complexity index is 701. The molecule has 3 nitrogen and oxygen atoms in total. The number of halogens is 2. The van der Waals surface area contributed by atoms with Crippen molar-refractivity contribution >= 4 is 22.9 Å². The fraction of sp³-hybridized carbons (Fsp3) is 0.0714. The molecule has 2 N–H and O–H groups in total. The first-order chi connectivity index (χ1) is 9.60. The number of carbonyl (C=O) groups is 1. The van der Waals surface area contributed by atoms with Crippen LogP contribution >= 0.6 is 11.3 Å². The van der Waals surface area contributed by atoms with Crippen LogP contribution in [0.3, 0.4) is 0 Å². The van der Waals surface area contributed by atoms with E-state index in [-0.39, 0.29) is 12.3 Å². The van der Waals surface area contributed by atoms with E-state index in [9.17, 15) is 13.6 Å². The standard InChI is InChI=1S/C14H9F2NO2S/c15-9-3-5-11(16)12(8-9)17-14(19)13-6-4-10(20-13)2-1-7-18/h3-6,8,18H,7H2,(H,17,19). The average molecular weight is 293 g/mol. The summed E-state index contributed by atoms with van der Waals surface area (Å²) in [7, 11) is 0. The smallest absolute Gasteiger partial charge is 0.265 e. The van der Waals surface area contributed by atoms with Gasteiger partial charge in [-0.3, -0.25) is 4.79 Å². The van der Waals surface area contributed by atoms with E-state index in [1.165, 1.54) is 6.07 Å². The molecule has 0 bridgehead atoms. The summed E-state index contributed by atoms with van der Waals surface area (Å²) in [6.45, 7) is -0.270. The van der Waals surface area contributed by atoms with Crippen LogP contribution in [0.5, 0.6) is 0 Å². The van der Waals surface area contributed by atoms with Gasteiger partial charge in [-0.2, -0.15) is 0 Å². The lowest BCUT2D eigenvalue weighted by molar-refractivity contribution is 0.103. The molecule has 0 fully saturated rings. The zero-order valence-electron chi connectivity index (χ0n) is 10.1. The maximum absolute atomic E-state index is 13.4. The average Bonchev–Trinajstić information content (AvgIpc) is 2.89. The van der Waals surface area contributed by atoms with E-state index < -0.39 is 17.5 Å². The minimum atomic E-state index is -0.711. The summed E-state index contributed by atoms with van der Waals surface area (Å²) in [6.07, 6.45) is 0. The van der Waals surface area contributed by atoms with E-state index in [0.717, 1.165) is 29.5 Å². The number of benzene rings is 1. The number of hydrogen-bond acceptors (Lipinski definition) is 3. The summed E-state index contributed by atoms with van der Waals surface area (Å²) in [4.78, 5) is 12.8. The predicted octanol–water partition coefficient (Wildman–Crippen LogP) is 2.62. The second kappa shape index (κ2) is 6.28. The van der Waals surface area contributed by atoms with Crippen LogP contribution in [0.2, 0.25) is 0 Å².